The highest BCUT2D eigenvalue weighted by Gasteiger charge is 2.16. The van der Waals surface area contributed by atoms with Gasteiger partial charge in [-0.3, -0.25) is 4.79 Å². The Bertz CT molecular complexity index is 410. The number of carbonyl (C=O) groups is 1. The second-order valence-corrected chi connectivity index (χ2v) is 5.99. The molecule has 0 spiro atoms. The summed E-state index contributed by atoms with van der Waals surface area (Å²) in [5, 5.41) is 6.73. The third-order valence-electron chi connectivity index (χ3n) is 2.80. The number of hydrogen-bond donors (Lipinski definition) is 2. The summed E-state index contributed by atoms with van der Waals surface area (Å²) in [5.41, 5.74) is 0.765. The summed E-state index contributed by atoms with van der Waals surface area (Å²) in [4.78, 5) is 11.7. The first-order valence-electron chi connectivity index (χ1n) is 6.08. The zero-order chi connectivity index (χ0) is 12.8. The second kappa shape index (κ2) is 7.02. The van der Waals surface area contributed by atoms with E-state index in [2.05, 4.69) is 10.6 Å². The average Bonchev–Trinajstić information content (AvgIpc) is 2.26. The van der Waals surface area contributed by atoms with Gasteiger partial charge in [-0.25, -0.2) is 0 Å². The minimum Gasteiger partial charge on any atom is -0.326 e. The Hall–Kier alpha value is -0.710. The van der Waals surface area contributed by atoms with E-state index in [9.17, 15) is 4.79 Å². The first kappa shape index (κ1) is 13.7. The minimum atomic E-state index is 0.0523. The number of nitrogens with one attached hydrogen (secondary N) is 2. The van der Waals surface area contributed by atoms with E-state index >= 15 is 0 Å². The molecule has 3 nitrogen and oxygen atoms in total. The highest BCUT2D eigenvalue weighted by molar-refractivity contribution is 7.99. The van der Waals surface area contributed by atoms with Crippen molar-refractivity contribution < 1.29 is 4.79 Å². The highest BCUT2D eigenvalue weighted by Crippen LogP contribution is 2.16. The molecule has 0 saturated carbocycles. The molecular weight excluding hydrogens is 268 g/mol. The SMILES string of the molecule is O=C(CCSCC1CNC1)Nc1cccc(Cl)c1. The molecule has 0 atom stereocenters. The van der Waals surface area contributed by atoms with E-state index in [4.69, 9.17) is 11.6 Å². The van der Waals surface area contributed by atoms with Gasteiger partial charge in [-0.1, -0.05) is 17.7 Å². The number of anilines is 1. The predicted octanol–water partition coefficient (Wildman–Crippen LogP) is 2.62. The minimum absolute atomic E-state index is 0.0523. The Morgan fingerprint density at radius 2 is 2.33 bits per heavy atom. The van der Waals surface area contributed by atoms with Crippen LogP contribution in [0.15, 0.2) is 24.3 Å². The number of hydrogen-bond acceptors (Lipinski definition) is 3. The molecule has 1 fully saturated rings. The van der Waals surface area contributed by atoms with Crippen LogP contribution in [0.3, 0.4) is 0 Å². The Labute approximate surface area is 117 Å². The fourth-order valence-corrected chi connectivity index (χ4v) is 2.93. The number of carbonyl (C=O) groups excluding carboxylic acids is 1. The van der Waals surface area contributed by atoms with Crippen molar-refractivity contribution in [2.75, 3.05) is 29.9 Å². The molecular formula is C13H17ClN2OS. The molecule has 1 heterocycles. The van der Waals surface area contributed by atoms with Gasteiger partial charge in [-0.05, 0) is 43.0 Å². The third-order valence-corrected chi connectivity index (χ3v) is 4.24. The van der Waals surface area contributed by atoms with Crippen LogP contribution in [-0.2, 0) is 4.79 Å². The van der Waals surface area contributed by atoms with Crippen LogP contribution in [0.25, 0.3) is 0 Å². The van der Waals surface area contributed by atoms with Gasteiger partial charge < -0.3 is 10.6 Å². The van der Waals surface area contributed by atoms with Crippen LogP contribution in [0.1, 0.15) is 6.42 Å². The lowest BCUT2D eigenvalue weighted by Crippen LogP contribution is -2.43. The molecule has 1 saturated heterocycles. The molecule has 0 bridgehead atoms. The van der Waals surface area contributed by atoms with Crippen molar-refractivity contribution in [2.24, 2.45) is 5.92 Å². The highest BCUT2D eigenvalue weighted by atomic mass is 35.5. The molecule has 1 aromatic rings. The van der Waals surface area contributed by atoms with Gasteiger partial charge in [0.05, 0.1) is 0 Å². The lowest BCUT2D eigenvalue weighted by molar-refractivity contribution is -0.115. The standard InChI is InChI=1S/C13H17ClN2OS/c14-11-2-1-3-12(6-11)16-13(17)4-5-18-9-10-7-15-8-10/h1-3,6,10,15H,4-5,7-9H2,(H,16,17). The Morgan fingerprint density at radius 3 is 3.00 bits per heavy atom. The first-order chi connectivity index (χ1) is 8.74. The topological polar surface area (TPSA) is 41.1 Å². The largest absolute Gasteiger partial charge is 0.326 e. The van der Waals surface area contributed by atoms with Gasteiger partial charge in [-0.15, -0.1) is 0 Å². The number of benzene rings is 1. The summed E-state index contributed by atoms with van der Waals surface area (Å²) in [6.07, 6.45) is 0.553. The predicted molar refractivity (Wildman–Crippen MR) is 78.4 cm³/mol. The van der Waals surface area contributed by atoms with Crippen LogP contribution in [-0.4, -0.2) is 30.5 Å². The van der Waals surface area contributed by atoms with Crippen molar-refractivity contribution in [1.82, 2.24) is 5.32 Å². The van der Waals surface area contributed by atoms with E-state index in [1.807, 2.05) is 23.9 Å². The normalized spacial score (nSPS) is 15.2. The van der Waals surface area contributed by atoms with E-state index in [0.717, 1.165) is 36.2 Å². The van der Waals surface area contributed by atoms with Gasteiger partial charge in [0.1, 0.15) is 0 Å². The third kappa shape index (κ3) is 4.52. The molecule has 98 valence electrons. The maximum Gasteiger partial charge on any atom is 0.225 e. The fourth-order valence-electron chi connectivity index (χ4n) is 1.67. The molecule has 18 heavy (non-hydrogen) atoms. The van der Waals surface area contributed by atoms with Crippen molar-refractivity contribution >= 4 is 35.0 Å². The Balaban J connectivity index is 1.62. The lowest BCUT2D eigenvalue weighted by atomic mass is 10.1. The molecule has 1 amide bonds. The van der Waals surface area contributed by atoms with E-state index in [1.165, 1.54) is 0 Å². The number of amides is 1. The maximum atomic E-state index is 11.7. The molecule has 5 heteroatoms. The molecule has 1 aliphatic rings. The van der Waals surface area contributed by atoms with Crippen LogP contribution in [0.4, 0.5) is 5.69 Å². The quantitative estimate of drug-likeness (QED) is 0.789. The summed E-state index contributed by atoms with van der Waals surface area (Å²) in [6, 6.07) is 7.22. The van der Waals surface area contributed by atoms with Crippen molar-refractivity contribution in [2.45, 2.75) is 6.42 Å². The van der Waals surface area contributed by atoms with Crippen molar-refractivity contribution in [1.29, 1.82) is 0 Å². The summed E-state index contributed by atoms with van der Waals surface area (Å²) in [7, 11) is 0. The van der Waals surface area contributed by atoms with E-state index < -0.39 is 0 Å². The molecule has 1 aliphatic heterocycles. The van der Waals surface area contributed by atoms with Crippen molar-refractivity contribution in [3.8, 4) is 0 Å². The van der Waals surface area contributed by atoms with Crippen LogP contribution < -0.4 is 10.6 Å². The van der Waals surface area contributed by atoms with Crippen LogP contribution in [0.2, 0.25) is 5.02 Å². The molecule has 2 N–H and O–H groups in total. The van der Waals surface area contributed by atoms with Gasteiger partial charge in [-0.2, -0.15) is 11.8 Å². The van der Waals surface area contributed by atoms with E-state index in [-0.39, 0.29) is 5.91 Å². The molecule has 2 rings (SSSR count). The summed E-state index contributed by atoms with van der Waals surface area (Å²) in [6.45, 7) is 2.25. The van der Waals surface area contributed by atoms with Gasteiger partial charge in [0.2, 0.25) is 5.91 Å². The molecule has 0 aliphatic carbocycles. The Kier molecular flexibility index (Phi) is 5.35. The first-order valence-corrected chi connectivity index (χ1v) is 7.61. The molecule has 0 radical (unpaired) electrons. The monoisotopic (exact) mass is 284 g/mol. The van der Waals surface area contributed by atoms with Gasteiger partial charge in [0, 0.05) is 22.9 Å². The number of thioether (sulfide) groups is 1. The molecule has 1 aromatic carbocycles. The van der Waals surface area contributed by atoms with Crippen LogP contribution in [0, 0.1) is 5.92 Å². The van der Waals surface area contributed by atoms with Gasteiger partial charge in [0.15, 0.2) is 0 Å². The van der Waals surface area contributed by atoms with E-state index in [1.54, 1.807) is 12.1 Å². The number of rotatable bonds is 6. The van der Waals surface area contributed by atoms with Crippen LogP contribution in [0.5, 0.6) is 0 Å². The van der Waals surface area contributed by atoms with E-state index in [0.29, 0.717) is 11.4 Å². The molecule has 0 unspecified atom stereocenters. The zero-order valence-corrected chi connectivity index (χ0v) is 11.7. The Morgan fingerprint density at radius 1 is 1.50 bits per heavy atom. The van der Waals surface area contributed by atoms with Crippen LogP contribution >= 0.6 is 23.4 Å². The van der Waals surface area contributed by atoms with Crippen molar-refractivity contribution in [3.05, 3.63) is 29.3 Å². The van der Waals surface area contributed by atoms with Gasteiger partial charge in [0.25, 0.3) is 0 Å². The average molecular weight is 285 g/mol. The summed E-state index contributed by atoms with van der Waals surface area (Å²) < 4.78 is 0. The lowest BCUT2D eigenvalue weighted by Gasteiger charge is -2.26. The summed E-state index contributed by atoms with van der Waals surface area (Å²) in [5.74, 6) is 2.88. The fraction of sp³-hybridized carbons (Fsp3) is 0.462. The maximum absolute atomic E-state index is 11.7. The smallest absolute Gasteiger partial charge is 0.225 e. The van der Waals surface area contributed by atoms with Gasteiger partial charge >= 0.3 is 0 Å². The molecule has 0 aromatic heterocycles. The second-order valence-electron chi connectivity index (χ2n) is 4.41. The zero-order valence-electron chi connectivity index (χ0n) is 10.1. The van der Waals surface area contributed by atoms with Crippen molar-refractivity contribution in [3.63, 3.8) is 0 Å². The number of halogens is 1. The summed E-state index contributed by atoms with van der Waals surface area (Å²) >= 11 is 7.70.